The second kappa shape index (κ2) is 8.07. The third-order valence-electron chi connectivity index (χ3n) is 5.82. The molecule has 2 fully saturated rings. The summed E-state index contributed by atoms with van der Waals surface area (Å²) in [7, 11) is 0. The molecule has 1 saturated carbocycles. The number of nitrogens with zero attached hydrogens (tertiary/aromatic N) is 5. The maximum atomic E-state index is 12.5. The first-order valence-corrected chi connectivity index (χ1v) is 10.7. The Hall–Kier alpha value is -2.93. The van der Waals surface area contributed by atoms with E-state index in [0.717, 1.165) is 37.6 Å². The highest BCUT2D eigenvalue weighted by atomic mass is 35.5. The smallest absolute Gasteiger partial charge is 0.257 e. The van der Waals surface area contributed by atoms with E-state index in [4.69, 9.17) is 11.6 Å². The average molecular weight is 423 g/mol. The lowest BCUT2D eigenvalue weighted by Crippen LogP contribution is -2.34. The summed E-state index contributed by atoms with van der Waals surface area (Å²) in [6.07, 6.45) is 8.06. The number of rotatable bonds is 5. The number of amides is 1. The van der Waals surface area contributed by atoms with Gasteiger partial charge in [-0.15, -0.1) is 10.2 Å². The first kappa shape index (κ1) is 19.1. The number of carbonyl (C=O) groups is 1. The summed E-state index contributed by atoms with van der Waals surface area (Å²) < 4.78 is 2.27. The number of nitrogens with one attached hydrogen (secondary N) is 1. The van der Waals surface area contributed by atoms with Crippen LogP contribution in [-0.4, -0.2) is 38.7 Å². The summed E-state index contributed by atoms with van der Waals surface area (Å²) in [6, 6.07) is 11.4. The number of carbonyl (C=O) groups excluding carboxylic acids is 1. The van der Waals surface area contributed by atoms with E-state index in [1.54, 1.807) is 30.5 Å². The van der Waals surface area contributed by atoms with Crippen molar-refractivity contribution in [3.63, 3.8) is 0 Å². The van der Waals surface area contributed by atoms with Crippen LogP contribution in [0.2, 0.25) is 5.02 Å². The fourth-order valence-corrected chi connectivity index (χ4v) is 4.21. The molecule has 0 radical (unpaired) electrons. The minimum absolute atomic E-state index is 0.200. The average Bonchev–Trinajstić information content (AvgIpc) is 3.50. The van der Waals surface area contributed by atoms with Crippen LogP contribution in [-0.2, 0) is 0 Å². The zero-order valence-corrected chi connectivity index (χ0v) is 17.3. The van der Waals surface area contributed by atoms with Gasteiger partial charge in [-0.2, -0.15) is 0 Å². The fraction of sp³-hybridized carbons (Fsp3) is 0.364. The van der Waals surface area contributed by atoms with Gasteiger partial charge in [-0.1, -0.05) is 17.7 Å². The Morgan fingerprint density at radius 2 is 1.93 bits per heavy atom. The van der Waals surface area contributed by atoms with Crippen molar-refractivity contribution >= 4 is 29.0 Å². The Bertz CT molecular complexity index is 1040. The van der Waals surface area contributed by atoms with Gasteiger partial charge in [0.25, 0.3) is 5.91 Å². The van der Waals surface area contributed by atoms with Crippen molar-refractivity contribution in [3.05, 3.63) is 65.3 Å². The third kappa shape index (κ3) is 4.03. The van der Waals surface area contributed by atoms with Crippen LogP contribution >= 0.6 is 11.6 Å². The van der Waals surface area contributed by atoms with Crippen LogP contribution in [0, 0.1) is 0 Å². The summed E-state index contributed by atoms with van der Waals surface area (Å²) in [6.45, 7) is 1.84. The van der Waals surface area contributed by atoms with Crippen molar-refractivity contribution in [1.82, 2.24) is 19.7 Å². The van der Waals surface area contributed by atoms with Gasteiger partial charge in [-0.3, -0.25) is 4.79 Å². The summed E-state index contributed by atoms with van der Waals surface area (Å²) in [4.78, 5) is 19.3. The van der Waals surface area contributed by atoms with E-state index >= 15 is 0 Å². The minimum atomic E-state index is -0.200. The Balaban J connectivity index is 1.20. The molecule has 3 aromatic rings. The molecule has 0 spiro atoms. The van der Waals surface area contributed by atoms with Gasteiger partial charge in [-0.05, 0) is 56.0 Å². The molecular formula is C22H23ClN6O. The van der Waals surface area contributed by atoms with Crippen molar-refractivity contribution in [2.24, 2.45) is 0 Å². The van der Waals surface area contributed by atoms with E-state index in [9.17, 15) is 4.79 Å². The molecule has 5 rings (SSSR count). The van der Waals surface area contributed by atoms with Gasteiger partial charge in [0, 0.05) is 42.0 Å². The largest absolute Gasteiger partial charge is 0.357 e. The number of pyridine rings is 1. The van der Waals surface area contributed by atoms with Crippen LogP contribution in [0.15, 0.2) is 48.9 Å². The molecule has 1 aliphatic heterocycles. The highest BCUT2D eigenvalue weighted by Crippen LogP contribution is 2.38. The number of benzene rings is 1. The standard InChI is InChI=1S/C22H23ClN6O/c23-17-2-1-3-18(12-17)26-22(30)16-4-7-20(24-13-16)28-10-8-15(9-11-28)21-27-25-14-29(21)19-5-6-19/h1-4,7,12-15,19H,5-6,8-11H2,(H,26,30). The van der Waals surface area contributed by atoms with Crippen LogP contribution < -0.4 is 10.2 Å². The first-order chi connectivity index (χ1) is 14.7. The van der Waals surface area contributed by atoms with Crippen molar-refractivity contribution in [2.75, 3.05) is 23.3 Å². The van der Waals surface area contributed by atoms with E-state index in [1.165, 1.54) is 12.8 Å². The van der Waals surface area contributed by atoms with E-state index in [-0.39, 0.29) is 5.91 Å². The zero-order valence-electron chi connectivity index (χ0n) is 16.5. The maximum Gasteiger partial charge on any atom is 0.257 e. The lowest BCUT2D eigenvalue weighted by atomic mass is 9.96. The van der Waals surface area contributed by atoms with Crippen molar-refractivity contribution in [3.8, 4) is 0 Å². The lowest BCUT2D eigenvalue weighted by Gasteiger charge is -2.32. The van der Waals surface area contributed by atoms with Gasteiger partial charge in [0.05, 0.1) is 5.56 Å². The Morgan fingerprint density at radius 3 is 2.63 bits per heavy atom. The van der Waals surface area contributed by atoms with Crippen molar-refractivity contribution < 1.29 is 4.79 Å². The van der Waals surface area contributed by atoms with E-state index in [0.29, 0.717) is 28.2 Å². The summed E-state index contributed by atoms with van der Waals surface area (Å²) in [5.74, 6) is 2.29. The van der Waals surface area contributed by atoms with Crippen LogP contribution in [0.1, 0.15) is 53.8 Å². The predicted molar refractivity (Wildman–Crippen MR) is 116 cm³/mol. The second-order valence-corrected chi connectivity index (χ2v) is 8.39. The Labute approximate surface area is 180 Å². The van der Waals surface area contributed by atoms with E-state index in [2.05, 4.69) is 30.0 Å². The van der Waals surface area contributed by atoms with E-state index in [1.807, 2.05) is 18.5 Å². The predicted octanol–water partition coefficient (Wildman–Crippen LogP) is 4.30. The van der Waals surface area contributed by atoms with Gasteiger partial charge in [-0.25, -0.2) is 4.98 Å². The summed E-state index contributed by atoms with van der Waals surface area (Å²) >= 11 is 5.97. The summed E-state index contributed by atoms with van der Waals surface area (Å²) in [5.41, 5.74) is 1.18. The molecule has 0 bridgehead atoms. The van der Waals surface area contributed by atoms with Crippen molar-refractivity contribution in [1.29, 1.82) is 0 Å². The molecule has 0 unspecified atom stereocenters. The molecule has 0 atom stereocenters. The number of halogens is 1. The molecule has 30 heavy (non-hydrogen) atoms. The molecule has 154 valence electrons. The molecule has 1 saturated heterocycles. The molecule has 1 aliphatic carbocycles. The van der Waals surface area contributed by atoms with Gasteiger partial charge in [0.1, 0.15) is 18.0 Å². The quantitative estimate of drug-likeness (QED) is 0.663. The topological polar surface area (TPSA) is 75.9 Å². The zero-order chi connectivity index (χ0) is 20.5. The molecule has 1 amide bonds. The van der Waals surface area contributed by atoms with Crippen LogP contribution in [0.25, 0.3) is 0 Å². The van der Waals surface area contributed by atoms with Crippen LogP contribution in [0.4, 0.5) is 11.5 Å². The third-order valence-corrected chi connectivity index (χ3v) is 6.05. The van der Waals surface area contributed by atoms with Gasteiger partial charge < -0.3 is 14.8 Å². The highest BCUT2D eigenvalue weighted by Gasteiger charge is 2.31. The molecular weight excluding hydrogens is 400 g/mol. The molecule has 8 heteroatoms. The number of piperidine rings is 1. The van der Waals surface area contributed by atoms with Crippen molar-refractivity contribution in [2.45, 2.75) is 37.6 Å². The van der Waals surface area contributed by atoms with Crippen LogP contribution in [0.3, 0.4) is 0 Å². The number of hydrogen-bond donors (Lipinski definition) is 1. The number of hydrogen-bond acceptors (Lipinski definition) is 5. The normalized spacial score (nSPS) is 17.2. The van der Waals surface area contributed by atoms with E-state index < -0.39 is 0 Å². The van der Waals surface area contributed by atoms with Crippen LogP contribution in [0.5, 0.6) is 0 Å². The monoisotopic (exact) mass is 422 g/mol. The Morgan fingerprint density at radius 1 is 1.10 bits per heavy atom. The first-order valence-electron chi connectivity index (χ1n) is 10.3. The maximum absolute atomic E-state index is 12.5. The molecule has 2 aromatic heterocycles. The molecule has 1 N–H and O–H groups in total. The summed E-state index contributed by atoms with van der Waals surface area (Å²) in [5, 5.41) is 12.0. The molecule has 3 heterocycles. The second-order valence-electron chi connectivity index (χ2n) is 7.96. The van der Waals surface area contributed by atoms with Gasteiger partial charge in [0.2, 0.25) is 0 Å². The van der Waals surface area contributed by atoms with Gasteiger partial charge >= 0.3 is 0 Å². The fourth-order valence-electron chi connectivity index (χ4n) is 4.02. The molecule has 1 aromatic carbocycles. The number of anilines is 2. The molecule has 7 nitrogen and oxygen atoms in total. The highest BCUT2D eigenvalue weighted by molar-refractivity contribution is 6.30. The molecule has 2 aliphatic rings. The van der Waals surface area contributed by atoms with Gasteiger partial charge in [0.15, 0.2) is 0 Å². The minimum Gasteiger partial charge on any atom is -0.357 e. The SMILES string of the molecule is O=C(Nc1cccc(Cl)c1)c1ccc(N2CCC(c3nncn3C3CC3)CC2)nc1. The number of aromatic nitrogens is 4. The Kier molecular flexibility index (Phi) is 5.12. The lowest BCUT2D eigenvalue weighted by molar-refractivity contribution is 0.102.